The van der Waals surface area contributed by atoms with Crippen LogP contribution in [0.5, 0.6) is 0 Å². The molecule has 4 rings (SSSR count). The van der Waals surface area contributed by atoms with Crippen LogP contribution in [0.15, 0.2) is 53.8 Å². The molecule has 1 atom stereocenters. The number of nitrogens with one attached hydrogen (secondary N) is 3. The Morgan fingerprint density at radius 2 is 2.04 bits per heavy atom. The Kier molecular flexibility index (Phi) is 4.43. The van der Waals surface area contributed by atoms with Gasteiger partial charge in [-0.25, -0.2) is 5.43 Å². The lowest BCUT2D eigenvalue weighted by molar-refractivity contribution is -0.117. The highest BCUT2D eigenvalue weighted by atomic mass is 16.2. The van der Waals surface area contributed by atoms with Gasteiger partial charge in [0.05, 0.1) is 17.8 Å². The lowest BCUT2D eigenvalue weighted by Gasteiger charge is -2.13. The highest BCUT2D eigenvalue weighted by Crippen LogP contribution is 2.27. The molecule has 0 spiro atoms. The standard InChI is InChI=1S/C20H19N5O2/c21-16(7-6-12-4-2-1-3-5-12)20(27)24-14-8-15-18-13(10-22-17(18)9-14)11-23-25-19(15)26/h1-5,8-11,16,22H,6-7,21H2,(H,24,27)(H,25,26). The van der Waals surface area contributed by atoms with Crippen LogP contribution in [0.2, 0.25) is 0 Å². The highest BCUT2D eigenvalue weighted by molar-refractivity contribution is 6.15. The summed E-state index contributed by atoms with van der Waals surface area (Å²) in [7, 11) is 0. The van der Waals surface area contributed by atoms with Crippen LogP contribution in [-0.4, -0.2) is 29.1 Å². The van der Waals surface area contributed by atoms with Crippen LogP contribution in [0.4, 0.5) is 5.69 Å². The number of nitrogens with zero attached hydrogens (tertiary/aromatic N) is 1. The number of anilines is 1. The minimum Gasteiger partial charge on any atom is -0.360 e. The van der Waals surface area contributed by atoms with Crippen LogP contribution >= 0.6 is 0 Å². The van der Waals surface area contributed by atoms with Gasteiger partial charge in [0.2, 0.25) is 5.91 Å². The van der Waals surface area contributed by atoms with Gasteiger partial charge in [-0.3, -0.25) is 9.59 Å². The second-order valence-electron chi connectivity index (χ2n) is 6.51. The number of aryl methyl sites for hydroxylation is 1. The molecule has 3 aromatic rings. The molecule has 0 saturated heterocycles. The first kappa shape index (κ1) is 17.0. The van der Waals surface area contributed by atoms with Crippen molar-refractivity contribution in [1.29, 1.82) is 0 Å². The number of hydrogen-bond acceptors (Lipinski definition) is 4. The normalized spacial score (nSPS) is 13.9. The second-order valence-corrected chi connectivity index (χ2v) is 6.51. The van der Waals surface area contributed by atoms with E-state index in [2.05, 4.69) is 20.8 Å². The Balaban J connectivity index is 1.50. The van der Waals surface area contributed by atoms with Gasteiger partial charge in [0.15, 0.2) is 0 Å². The van der Waals surface area contributed by atoms with E-state index >= 15 is 0 Å². The van der Waals surface area contributed by atoms with Crippen molar-refractivity contribution >= 4 is 34.6 Å². The van der Waals surface area contributed by atoms with Crippen molar-refractivity contribution in [3.8, 4) is 0 Å². The lowest BCUT2D eigenvalue weighted by atomic mass is 10.0. The summed E-state index contributed by atoms with van der Waals surface area (Å²) in [4.78, 5) is 27.8. The van der Waals surface area contributed by atoms with Gasteiger partial charge in [-0.05, 0) is 30.5 Å². The largest absolute Gasteiger partial charge is 0.360 e. The van der Waals surface area contributed by atoms with E-state index in [1.807, 2.05) is 30.3 Å². The Morgan fingerprint density at radius 1 is 1.22 bits per heavy atom. The molecule has 2 aromatic carbocycles. The molecule has 0 bridgehead atoms. The van der Waals surface area contributed by atoms with Crippen LogP contribution in [0.25, 0.3) is 10.9 Å². The fraction of sp³-hybridized carbons (Fsp3) is 0.150. The number of nitrogens with two attached hydrogens (primary N) is 1. The third-order valence-electron chi connectivity index (χ3n) is 4.62. The zero-order chi connectivity index (χ0) is 18.8. The van der Waals surface area contributed by atoms with E-state index in [4.69, 9.17) is 5.73 Å². The summed E-state index contributed by atoms with van der Waals surface area (Å²) in [6, 6.07) is 12.7. The van der Waals surface area contributed by atoms with Crippen LogP contribution in [0, 0.1) is 0 Å². The zero-order valence-electron chi connectivity index (χ0n) is 14.5. The van der Waals surface area contributed by atoms with Gasteiger partial charge < -0.3 is 16.0 Å². The number of amides is 2. The van der Waals surface area contributed by atoms with E-state index in [1.54, 1.807) is 24.5 Å². The summed E-state index contributed by atoms with van der Waals surface area (Å²) in [5.74, 6) is -0.603. The average Bonchev–Trinajstić information content (AvgIpc) is 3.01. The number of aromatic amines is 1. The summed E-state index contributed by atoms with van der Waals surface area (Å²) in [5.41, 5.74) is 12.2. The van der Waals surface area contributed by atoms with Crippen LogP contribution in [0.1, 0.15) is 27.9 Å². The molecule has 1 unspecified atom stereocenters. The fourth-order valence-corrected chi connectivity index (χ4v) is 3.20. The number of aromatic nitrogens is 1. The molecule has 0 aliphatic carbocycles. The number of carbonyl (C=O) groups excluding carboxylic acids is 2. The van der Waals surface area contributed by atoms with Crippen molar-refractivity contribution in [3.05, 3.63) is 65.4 Å². The SMILES string of the molecule is NC(CCc1ccccc1)C(=O)Nc1cc2c3c(c[nH]c3c1)C=NNC2=O. The third-order valence-corrected chi connectivity index (χ3v) is 4.62. The first-order chi connectivity index (χ1) is 13.1. The maximum absolute atomic E-state index is 12.5. The Bertz CT molecular complexity index is 1040. The molecular formula is C20H19N5O2. The smallest absolute Gasteiger partial charge is 0.272 e. The van der Waals surface area contributed by atoms with Crippen LogP contribution in [-0.2, 0) is 11.2 Å². The molecule has 2 heterocycles. The van der Waals surface area contributed by atoms with E-state index in [-0.39, 0.29) is 11.8 Å². The molecule has 7 nitrogen and oxygen atoms in total. The number of carbonyl (C=O) groups is 2. The van der Waals surface area contributed by atoms with Gasteiger partial charge in [-0.2, -0.15) is 5.10 Å². The summed E-state index contributed by atoms with van der Waals surface area (Å²) in [6.07, 6.45) is 4.62. The minimum atomic E-state index is -0.642. The van der Waals surface area contributed by atoms with Crippen molar-refractivity contribution < 1.29 is 9.59 Å². The van der Waals surface area contributed by atoms with Gasteiger partial charge in [0.25, 0.3) is 5.91 Å². The molecule has 27 heavy (non-hydrogen) atoms. The van der Waals surface area contributed by atoms with Gasteiger partial charge in [0, 0.05) is 28.4 Å². The topological polar surface area (TPSA) is 112 Å². The molecule has 0 fully saturated rings. The minimum absolute atomic E-state index is 0.283. The fourth-order valence-electron chi connectivity index (χ4n) is 3.20. The van der Waals surface area contributed by atoms with E-state index in [1.165, 1.54) is 0 Å². The van der Waals surface area contributed by atoms with Crippen molar-refractivity contribution in [2.75, 3.05) is 5.32 Å². The number of hydrogen-bond donors (Lipinski definition) is 4. The van der Waals surface area contributed by atoms with Gasteiger partial charge in [-0.1, -0.05) is 30.3 Å². The Hall–Kier alpha value is -3.45. The van der Waals surface area contributed by atoms with E-state index in [0.29, 0.717) is 17.7 Å². The second kappa shape index (κ2) is 7.05. The summed E-state index contributed by atoms with van der Waals surface area (Å²) >= 11 is 0. The number of rotatable bonds is 5. The highest BCUT2D eigenvalue weighted by Gasteiger charge is 2.20. The van der Waals surface area contributed by atoms with E-state index in [9.17, 15) is 9.59 Å². The molecule has 136 valence electrons. The van der Waals surface area contributed by atoms with Crippen LogP contribution in [0.3, 0.4) is 0 Å². The van der Waals surface area contributed by atoms with Crippen molar-refractivity contribution in [3.63, 3.8) is 0 Å². The lowest BCUT2D eigenvalue weighted by Crippen LogP contribution is -2.36. The van der Waals surface area contributed by atoms with E-state index < -0.39 is 6.04 Å². The van der Waals surface area contributed by atoms with Crippen molar-refractivity contribution in [2.45, 2.75) is 18.9 Å². The summed E-state index contributed by atoms with van der Waals surface area (Å²) in [5, 5.41) is 7.48. The molecule has 7 heteroatoms. The molecule has 0 radical (unpaired) electrons. The molecule has 1 aliphatic rings. The molecule has 0 saturated carbocycles. The maximum Gasteiger partial charge on any atom is 0.272 e. The number of H-pyrrole nitrogens is 1. The quantitative estimate of drug-likeness (QED) is 0.558. The molecule has 2 amide bonds. The molecular weight excluding hydrogens is 342 g/mol. The van der Waals surface area contributed by atoms with Crippen molar-refractivity contribution in [1.82, 2.24) is 10.4 Å². The van der Waals surface area contributed by atoms with Gasteiger partial charge in [-0.15, -0.1) is 0 Å². The van der Waals surface area contributed by atoms with Gasteiger partial charge >= 0.3 is 0 Å². The van der Waals surface area contributed by atoms with Gasteiger partial charge in [0.1, 0.15) is 0 Å². The average molecular weight is 361 g/mol. The summed E-state index contributed by atoms with van der Waals surface area (Å²) in [6.45, 7) is 0. The van der Waals surface area contributed by atoms with Crippen molar-refractivity contribution in [2.24, 2.45) is 10.8 Å². The Morgan fingerprint density at radius 3 is 2.85 bits per heavy atom. The molecule has 5 N–H and O–H groups in total. The predicted octanol–water partition coefficient (Wildman–Crippen LogP) is 2.14. The molecule has 1 aromatic heterocycles. The predicted molar refractivity (Wildman–Crippen MR) is 105 cm³/mol. The van der Waals surface area contributed by atoms with E-state index in [0.717, 1.165) is 28.5 Å². The molecule has 1 aliphatic heterocycles. The van der Waals surface area contributed by atoms with Crippen LogP contribution < -0.4 is 16.5 Å². The third kappa shape index (κ3) is 3.45. The number of hydrazone groups is 1. The summed E-state index contributed by atoms with van der Waals surface area (Å²) < 4.78 is 0. The maximum atomic E-state index is 12.5. The monoisotopic (exact) mass is 361 g/mol. The number of benzene rings is 2. The first-order valence-corrected chi connectivity index (χ1v) is 8.71. The first-order valence-electron chi connectivity index (χ1n) is 8.71. The Labute approximate surface area is 155 Å². The zero-order valence-corrected chi connectivity index (χ0v) is 14.5.